The van der Waals surface area contributed by atoms with Crippen molar-refractivity contribution in [1.82, 2.24) is 4.98 Å². The second-order valence-electron chi connectivity index (χ2n) is 3.38. The average Bonchev–Trinajstić information content (AvgIpc) is 2.15. The Morgan fingerprint density at radius 3 is 2.86 bits per heavy atom. The first kappa shape index (κ1) is 10.4. The molecule has 0 bridgehead atoms. The van der Waals surface area contributed by atoms with Crippen LogP contribution in [0.5, 0.6) is 0 Å². The maximum atomic E-state index is 10.6. The zero-order valence-corrected chi connectivity index (χ0v) is 8.27. The second-order valence-corrected chi connectivity index (χ2v) is 3.38. The summed E-state index contributed by atoms with van der Waals surface area (Å²) >= 11 is 0. The number of aromatic carboxylic acids is 1. The molecule has 1 N–H and O–H groups in total. The van der Waals surface area contributed by atoms with E-state index in [0.717, 1.165) is 5.56 Å². The van der Waals surface area contributed by atoms with E-state index in [1.807, 2.05) is 12.2 Å². The smallest absolute Gasteiger partial charge is 0.354 e. The van der Waals surface area contributed by atoms with Gasteiger partial charge in [-0.3, -0.25) is 0 Å². The normalized spacial score (nSPS) is 11.1. The van der Waals surface area contributed by atoms with Crippen molar-refractivity contribution in [2.24, 2.45) is 5.92 Å². The molecule has 0 spiro atoms. The molecule has 1 aromatic rings. The van der Waals surface area contributed by atoms with Gasteiger partial charge in [0.15, 0.2) is 0 Å². The second kappa shape index (κ2) is 4.56. The van der Waals surface area contributed by atoms with Gasteiger partial charge in [0.2, 0.25) is 0 Å². The number of pyridine rings is 1. The Hall–Kier alpha value is -1.64. The molecule has 0 unspecified atom stereocenters. The first-order valence-electron chi connectivity index (χ1n) is 4.47. The van der Waals surface area contributed by atoms with E-state index >= 15 is 0 Å². The predicted octanol–water partition coefficient (Wildman–Crippen LogP) is 2.45. The Labute approximate surface area is 83.1 Å². The summed E-state index contributed by atoms with van der Waals surface area (Å²) in [5.74, 6) is -0.541. The van der Waals surface area contributed by atoms with Gasteiger partial charge in [-0.05, 0) is 23.6 Å². The molecule has 3 nitrogen and oxygen atoms in total. The fourth-order valence-electron chi connectivity index (χ4n) is 0.971. The molecular weight excluding hydrogens is 178 g/mol. The van der Waals surface area contributed by atoms with Crippen LogP contribution in [0.25, 0.3) is 6.08 Å². The molecule has 0 atom stereocenters. The molecular formula is C11H13NO2. The van der Waals surface area contributed by atoms with Crippen molar-refractivity contribution in [3.63, 3.8) is 0 Å². The molecule has 0 saturated heterocycles. The molecule has 1 rings (SSSR count). The Morgan fingerprint density at radius 1 is 1.57 bits per heavy atom. The minimum absolute atomic E-state index is 0.0795. The molecule has 0 fully saturated rings. The Balaban J connectivity index is 2.89. The summed E-state index contributed by atoms with van der Waals surface area (Å²) in [6.45, 7) is 4.13. The summed E-state index contributed by atoms with van der Waals surface area (Å²) in [6, 6.07) is 3.34. The van der Waals surface area contributed by atoms with Crippen molar-refractivity contribution < 1.29 is 9.90 Å². The zero-order valence-electron chi connectivity index (χ0n) is 8.27. The molecule has 0 radical (unpaired) electrons. The minimum Gasteiger partial charge on any atom is -0.477 e. The van der Waals surface area contributed by atoms with Gasteiger partial charge >= 0.3 is 5.97 Å². The number of hydrogen-bond acceptors (Lipinski definition) is 2. The standard InChI is InChI=1S/C11H13NO2/c1-8(2)3-4-9-5-6-12-10(7-9)11(13)14/h3-8H,1-2H3,(H,13,14)/b4-3+. The Morgan fingerprint density at radius 2 is 2.29 bits per heavy atom. The summed E-state index contributed by atoms with van der Waals surface area (Å²) < 4.78 is 0. The predicted molar refractivity (Wildman–Crippen MR) is 55.1 cm³/mol. The topological polar surface area (TPSA) is 50.2 Å². The molecule has 3 heteroatoms. The van der Waals surface area contributed by atoms with E-state index in [0.29, 0.717) is 5.92 Å². The Kier molecular flexibility index (Phi) is 3.40. The number of nitrogens with zero attached hydrogens (tertiary/aromatic N) is 1. The first-order valence-corrected chi connectivity index (χ1v) is 4.47. The van der Waals surface area contributed by atoms with E-state index in [1.54, 1.807) is 12.1 Å². The highest BCUT2D eigenvalue weighted by molar-refractivity contribution is 5.85. The van der Waals surface area contributed by atoms with Crippen molar-refractivity contribution in [3.8, 4) is 0 Å². The van der Waals surface area contributed by atoms with Gasteiger partial charge in [0, 0.05) is 6.20 Å². The van der Waals surface area contributed by atoms with E-state index in [2.05, 4.69) is 18.8 Å². The van der Waals surface area contributed by atoms with Crippen molar-refractivity contribution in [2.45, 2.75) is 13.8 Å². The van der Waals surface area contributed by atoms with Crippen molar-refractivity contribution in [1.29, 1.82) is 0 Å². The van der Waals surface area contributed by atoms with Crippen LogP contribution in [0.15, 0.2) is 24.4 Å². The average molecular weight is 191 g/mol. The fraction of sp³-hybridized carbons (Fsp3) is 0.273. The summed E-state index contributed by atoms with van der Waals surface area (Å²) in [6.07, 6.45) is 5.42. The molecule has 1 heterocycles. The number of rotatable bonds is 3. The van der Waals surface area contributed by atoms with Crippen LogP contribution in [0.2, 0.25) is 0 Å². The van der Waals surface area contributed by atoms with Crippen molar-refractivity contribution >= 4 is 12.0 Å². The van der Waals surface area contributed by atoms with Gasteiger partial charge in [-0.25, -0.2) is 9.78 Å². The highest BCUT2D eigenvalue weighted by atomic mass is 16.4. The third kappa shape index (κ3) is 3.01. The van der Waals surface area contributed by atoms with E-state index in [9.17, 15) is 4.79 Å². The van der Waals surface area contributed by atoms with Crippen LogP contribution in [0.3, 0.4) is 0 Å². The van der Waals surface area contributed by atoms with E-state index in [4.69, 9.17) is 5.11 Å². The molecule has 0 aromatic carbocycles. The van der Waals surface area contributed by atoms with Crippen LogP contribution in [0, 0.1) is 5.92 Å². The van der Waals surface area contributed by atoms with Gasteiger partial charge in [-0.15, -0.1) is 0 Å². The van der Waals surface area contributed by atoms with Gasteiger partial charge in [-0.1, -0.05) is 26.0 Å². The first-order chi connectivity index (χ1) is 6.59. The monoisotopic (exact) mass is 191 g/mol. The van der Waals surface area contributed by atoms with E-state index in [-0.39, 0.29) is 5.69 Å². The lowest BCUT2D eigenvalue weighted by molar-refractivity contribution is 0.0690. The van der Waals surface area contributed by atoms with Gasteiger partial charge in [0.05, 0.1) is 0 Å². The molecule has 74 valence electrons. The SMILES string of the molecule is CC(C)/C=C/c1ccnc(C(=O)O)c1. The number of carboxylic acid groups (broad SMARTS) is 1. The number of carboxylic acids is 1. The minimum atomic E-state index is -0.996. The van der Waals surface area contributed by atoms with Crippen LogP contribution in [-0.4, -0.2) is 16.1 Å². The third-order valence-electron chi connectivity index (χ3n) is 1.68. The van der Waals surface area contributed by atoms with Crippen molar-refractivity contribution in [2.75, 3.05) is 0 Å². The van der Waals surface area contributed by atoms with Gasteiger partial charge in [0.1, 0.15) is 5.69 Å². The molecule has 0 saturated carbocycles. The maximum absolute atomic E-state index is 10.6. The molecule has 0 aliphatic heterocycles. The zero-order chi connectivity index (χ0) is 10.6. The van der Waals surface area contributed by atoms with Gasteiger partial charge in [-0.2, -0.15) is 0 Å². The lowest BCUT2D eigenvalue weighted by Gasteiger charge is -1.97. The van der Waals surface area contributed by atoms with Gasteiger partial charge < -0.3 is 5.11 Å². The summed E-state index contributed by atoms with van der Waals surface area (Å²) in [5.41, 5.74) is 0.946. The Bertz CT molecular complexity index is 356. The molecule has 1 aromatic heterocycles. The number of allylic oxidation sites excluding steroid dienone is 1. The summed E-state index contributed by atoms with van der Waals surface area (Å²) in [7, 11) is 0. The van der Waals surface area contributed by atoms with Crippen LogP contribution >= 0.6 is 0 Å². The summed E-state index contributed by atoms with van der Waals surface area (Å²) in [5, 5.41) is 8.70. The number of carbonyl (C=O) groups is 1. The van der Waals surface area contributed by atoms with E-state index in [1.165, 1.54) is 6.20 Å². The van der Waals surface area contributed by atoms with Crippen LogP contribution in [-0.2, 0) is 0 Å². The number of aromatic nitrogens is 1. The lowest BCUT2D eigenvalue weighted by Crippen LogP contribution is -1.99. The molecule has 14 heavy (non-hydrogen) atoms. The van der Waals surface area contributed by atoms with Gasteiger partial charge in [0.25, 0.3) is 0 Å². The van der Waals surface area contributed by atoms with Crippen LogP contribution in [0.4, 0.5) is 0 Å². The van der Waals surface area contributed by atoms with E-state index < -0.39 is 5.97 Å². The molecule has 0 aliphatic carbocycles. The highest BCUT2D eigenvalue weighted by Gasteiger charge is 2.02. The maximum Gasteiger partial charge on any atom is 0.354 e. The molecule has 0 aliphatic rings. The number of hydrogen-bond donors (Lipinski definition) is 1. The molecule has 0 amide bonds. The summed E-state index contributed by atoms with van der Waals surface area (Å²) in [4.78, 5) is 14.3. The van der Waals surface area contributed by atoms with Crippen LogP contribution < -0.4 is 0 Å². The third-order valence-corrected chi connectivity index (χ3v) is 1.68. The van der Waals surface area contributed by atoms with Crippen molar-refractivity contribution in [3.05, 3.63) is 35.7 Å². The highest BCUT2D eigenvalue weighted by Crippen LogP contribution is 2.06. The largest absolute Gasteiger partial charge is 0.477 e. The quantitative estimate of drug-likeness (QED) is 0.798. The fourth-order valence-corrected chi connectivity index (χ4v) is 0.971. The van der Waals surface area contributed by atoms with Crippen LogP contribution in [0.1, 0.15) is 29.9 Å². The lowest BCUT2D eigenvalue weighted by atomic mass is 10.1.